The standard InChI is InChI=1S/C19H22O5/c1-4-7-10-22-16-13-15(19(20)21)14-17(23-11-8-5-2)18(16)24-12-9-6-3/h4-7,10,13-14H,1-3,8-9,11-12H2,(H,20,21)/b10-7+. The molecule has 0 heterocycles. The van der Waals surface area contributed by atoms with E-state index in [4.69, 9.17) is 14.2 Å². The lowest BCUT2D eigenvalue weighted by Gasteiger charge is -2.16. The lowest BCUT2D eigenvalue weighted by Crippen LogP contribution is -2.06. The molecule has 0 amide bonds. The zero-order valence-electron chi connectivity index (χ0n) is 13.6. The van der Waals surface area contributed by atoms with Gasteiger partial charge in [0.05, 0.1) is 25.0 Å². The lowest BCUT2D eigenvalue weighted by atomic mass is 10.2. The minimum Gasteiger partial charge on any atom is -0.489 e. The molecule has 0 unspecified atom stereocenters. The second-order valence-corrected chi connectivity index (χ2v) is 4.64. The van der Waals surface area contributed by atoms with Crippen LogP contribution in [0.1, 0.15) is 23.2 Å². The Morgan fingerprint density at radius 3 is 2.25 bits per heavy atom. The SMILES string of the molecule is C=C/C=C/Oc1cc(C(=O)O)cc(OCCC=C)c1OCCC=C. The Labute approximate surface area is 142 Å². The van der Waals surface area contributed by atoms with Crippen molar-refractivity contribution in [3.05, 3.63) is 68.0 Å². The average molecular weight is 330 g/mol. The van der Waals surface area contributed by atoms with Crippen LogP contribution in [-0.4, -0.2) is 24.3 Å². The zero-order chi connectivity index (χ0) is 17.8. The highest BCUT2D eigenvalue weighted by molar-refractivity contribution is 5.89. The fourth-order valence-electron chi connectivity index (χ4n) is 1.70. The van der Waals surface area contributed by atoms with Gasteiger partial charge in [-0.1, -0.05) is 24.8 Å². The van der Waals surface area contributed by atoms with E-state index in [0.29, 0.717) is 37.6 Å². The third-order valence-electron chi connectivity index (χ3n) is 2.83. The fourth-order valence-corrected chi connectivity index (χ4v) is 1.70. The maximum atomic E-state index is 11.3. The molecule has 24 heavy (non-hydrogen) atoms. The van der Waals surface area contributed by atoms with Gasteiger partial charge in [-0.05, 0) is 31.1 Å². The Morgan fingerprint density at radius 2 is 1.67 bits per heavy atom. The average Bonchev–Trinajstić information content (AvgIpc) is 2.56. The Morgan fingerprint density at radius 1 is 1.04 bits per heavy atom. The van der Waals surface area contributed by atoms with Gasteiger partial charge in [0.25, 0.3) is 0 Å². The Kier molecular flexibility index (Phi) is 8.53. The Hall–Kier alpha value is -2.95. The molecule has 128 valence electrons. The third-order valence-corrected chi connectivity index (χ3v) is 2.83. The molecule has 5 heteroatoms. The topological polar surface area (TPSA) is 65.0 Å². The highest BCUT2D eigenvalue weighted by Gasteiger charge is 2.18. The van der Waals surface area contributed by atoms with E-state index >= 15 is 0 Å². The Balaban J connectivity index is 3.22. The van der Waals surface area contributed by atoms with Crippen LogP contribution >= 0.6 is 0 Å². The van der Waals surface area contributed by atoms with Crippen LogP contribution < -0.4 is 14.2 Å². The maximum absolute atomic E-state index is 11.3. The van der Waals surface area contributed by atoms with Gasteiger partial charge in [-0.2, -0.15) is 0 Å². The summed E-state index contributed by atoms with van der Waals surface area (Å²) < 4.78 is 16.8. The number of allylic oxidation sites excluding steroid dienone is 2. The maximum Gasteiger partial charge on any atom is 0.335 e. The van der Waals surface area contributed by atoms with E-state index < -0.39 is 5.97 Å². The van der Waals surface area contributed by atoms with E-state index in [1.165, 1.54) is 18.4 Å². The first-order valence-electron chi connectivity index (χ1n) is 7.47. The molecule has 0 radical (unpaired) electrons. The van der Waals surface area contributed by atoms with Gasteiger partial charge >= 0.3 is 5.97 Å². The molecule has 0 saturated heterocycles. The number of aromatic carboxylic acids is 1. The number of rotatable bonds is 12. The first-order chi connectivity index (χ1) is 11.6. The minimum absolute atomic E-state index is 0.0432. The molecule has 1 aromatic rings. The molecule has 0 bridgehead atoms. The van der Waals surface area contributed by atoms with Crippen LogP contribution in [0.4, 0.5) is 0 Å². The second-order valence-electron chi connectivity index (χ2n) is 4.64. The smallest absolute Gasteiger partial charge is 0.335 e. The summed E-state index contributed by atoms with van der Waals surface area (Å²) in [5, 5.41) is 9.27. The number of hydrogen-bond donors (Lipinski definition) is 1. The van der Waals surface area contributed by atoms with Crippen LogP contribution in [0, 0.1) is 0 Å². The van der Waals surface area contributed by atoms with E-state index in [1.54, 1.807) is 24.3 Å². The van der Waals surface area contributed by atoms with Gasteiger partial charge in [0.2, 0.25) is 5.75 Å². The molecule has 0 aliphatic heterocycles. The predicted molar refractivity (Wildman–Crippen MR) is 94.0 cm³/mol. The van der Waals surface area contributed by atoms with Crippen LogP contribution in [0.2, 0.25) is 0 Å². The number of carboxylic acid groups (broad SMARTS) is 1. The van der Waals surface area contributed by atoms with Crippen LogP contribution in [0.15, 0.2) is 62.4 Å². The molecule has 0 aromatic heterocycles. The predicted octanol–water partition coefficient (Wildman–Crippen LogP) is 4.37. The molecule has 0 fully saturated rings. The first-order valence-corrected chi connectivity index (χ1v) is 7.47. The summed E-state index contributed by atoms with van der Waals surface area (Å²) in [6, 6.07) is 2.80. The summed E-state index contributed by atoms with van der Waals surface area (Å²) in [7, 11) is 0. The van der Waals surface area contributed by atoms with E-state index in [1.807, 2.05) is 0 Å². The molecule has 0 saturated carbocycles. The van der Waals surface area contributed by atoms with Crippen molar-refractivity contribution in [2.75, 3.05) is 13.2 Å². The number of ether oxygens (including phenoxy) is 3. The number of carboxylic acids is 1. The lowest BCUT2D eigenvalue weighted by molar-refractivity contribution is 0.0696. The van der Waals surface area contributed by atoms with Crippen molar-refractivity contribution >= 4 is 5.97 Å². The number of carbonyl (C=O) groups is 1. The van der Waals surface area contributed by atoms with E-state index in [0.717, 1.165) is 0 Å². The van der Waals surface area contributed by atoms with Gasteiger partial charge in [0.15, 0.2) is 11.5 Å². The fraction of sp³-hybridized carbons (Fsp3) is 0.211. The summed E-state index contributed by atoms with van der Waals surface area (Å²) in [5.74, 6) is -0.174. The molecule has 5 nitrogen and oxygen atoms in total. The van der Waals surface area contributed by atoms with Crippen LogP contribution in [0.25, 0.3) is 0 Å². The number of benzene rings is 1. The van der Waals surface area contributed by atoms with Crippen LogP contribution in [0.3, 0.4) is 0 Å². The van der Waals surface area contributed by atoms with Gasteiger partial charge in [0.1, 0.15) is 0 Å². The molecule has 1 rings (SSSR count). The van der Waals surface area contributed by atoms with Crippen molar-refractivity contribution in [2.45, 2.75) is 12.8 Å². The Bertz CT molecular complexity index is 616. The van der Waals surface area contributed by atoms with Gasteiger partial charge < -0.3 is 19.3 Å². The van der Waals surface area contributed by atoms with Crippen LogP contribution in [0.5, 0.6) is 17.2 Å². The van der Waals surface area contributed by atoms with Crippen molar-refractivity contribution < 1.29 is 24.1 Å². The quantitative estimate of drug-likeness (QED) is 0.267. The van der Waals surface area contributed by atoms with Crippen molar-refractivity contribution in [2.24, 2.45) is 0 Å². The van der Waals surface area contributed by atoms with Crippen molar-refractivity contribution in [3.8, 4) is 17.2 Å². The summed E-state index contributed by atoms with van der Waals surface area (Å²) in [5.41, 5.74) is 0.0432. The highest BCUT2D eigenvalue weighted by atomic mass is 16.5. The van der Waals surface area contributed by atoms with Gasteiger partial charge in [-0.25, -0.2) is 4.79 Å². The van der Waals surface area contributed by atoms with E-state index in [-0.39, 0.29) is 11.3 Å². The minimum atomic E-state index is -1.08. The van der Waals surface area contributed by atoms with E-state index in [9.17, 15) is 9.90 Å². The monoisotopic (exact) mass is 330 g/mol. The molecule has 0 aliphatic rings. The van der Waals surface area contributed by atoms with Crippen molar-refractivity contribution in [1.82, 2.24) is 0 Å². The molecule has 0 aliphatic carbocycles. The summed E-state index contributed by atoms with van der Waals surface area (Å²) in [6.45, 7) is 11.5. The second kappa shape index (κ2) is 10.7. The van der Waals surface area contributed by atoms with Crippen LogP contribution in [-0.2, 0) is 0 Å². The van der Waals surface area contributed by atoms with Crippen molar-refractivity contribution in [3.63, 3.8) is 0 Å². The molecular weight excluding hydrogens is 308 g/mol. The highest BCUT2D eigenvalue weighted by Crippen LogP contribution is 2.39. The zero-order valence-corrected chi connectivity index (χ0v) is 13.6. The van der Waals surface area contributed by atoms with Gasteiger partial charge in [-0.15, -0.1) is 13.2 Å². The normalized spacial score (nSPS) is 10.2. The third kappa shape index (κ3) is 6.04. The van der Waals surface area contributed by atoms with Gasteiger partial charge in [-0.3, -0.25) is 0 Å². The summed E-state index contributed by atoms with van der Waals surface area (Å²) in [6.07, 6.45) is 9.21. The summed E-state index contributed by atoms with van der Waals surface area (Å²) in [4.78, 5) is 11.3. The molecule has 0 spiro atoms. The number of hydrogen-bond acceptors (Lipinski definition) is 4. The van der Waals surface area contributed by atoms with Crippen molar-refractivity contribution in [1.29, 1.82) is 0 Å². The molecule has 1 aromatic carbocycles. The largest absolute Gasteiger partial charge is 0.489 e. The van der Waals surface area contributed by atoms with Gasteiger partial charge in [0, 0.05) is 0 Å². The van der Waals surface area contributed by atoms with E-state index in [2.05, 4.69) is 19.7 Å². The molecule has 1 N–H and O–H groups in total. The first kappa shape index (κ1) is 19.1. The summed E-state index contributed by atoms with van der Waals surface area (Å²) >= 11 is 0. The molecule has 0 atom stereocenters. The molecular formula is C19H22O5.